The van der Waals surface area contributed by atoms with Gasteiger partial charge in [-0.3, -0.25) is 4.79 Å². The van der Waals surface area contributed by atoms with Gasteiger partial charge >= 0.3 is 0 Å². The Hall–Kier alpha value is -1.24. The van der Waals surface area contributed by atoms with Crippen molar-refractivity contribution in [2.24, 2.45) is 5.73 Å². The van der Waals surface area contributed by atoms with Gasteiger partial charge in [-0.1, -0.05) is 0 Å². The smallest absolute Gasteiger partial charge is 0.265 e. The van der Waals surface area contributed by atoms with Gasteiger partial charge in [0.25, 0.3) is 5.91 Å². The summed E-state index contributed by atoms with van der Waals surface area (Å²) in [6.07, 6.45) is 0. The molecule has 1 aliphatic heterocycles. The first-order valence-corrected chi connectivity index (χ1v) is 7.88. The van der Waals surface area contributed by atoms with Crippen LogP contribution in [0.1, 0.15) is 9.67 Å². The molecule has 100 valence electrons. The van der Waals surface area contributed by atoms with Crippen LogP contribution in [0.15, 0.2) is 23.1 Å². The zero-order valence-corrected chi connectivity index (χ0v) is 11.9. The quantitative estimate of drug-likeness (QED) is 0.890. The van der Waals surface area contributed by atoms with Crippen LogP contribution in [-0.4, -0.2) is 41.3 Å². The number of benzene rings is 1. The molecule has 1 aliphatic rings. The third-order valence-corrected chi connectivity index (χ3v) is 5.50. The summed E-state index contributed by atoms with van der Waals surface area (Å²) >= 11 is 3.18. The Balaban J connectivity index is 2.12. The van der Waals surface area contributed by atoms with E-state index < -0.39 is 0 Å². The standard InChI is InChI=1S/C13H14N2O2S2/c14-3-4-15-5-6-18-11-9-7-8(16)1-2-10(9)19-12(11)13(15)17/h1-2,7,16H,3-6,14H2. The molecule has 1 aromatic carbocycles. The lowest BCUT2D eigenvalue weighted by atomic mass is 10.2. The predicted molar refractivity (Wildman–Crippen MR) is 79.2 cm³/mol. The molecule has 0 spiro atoms. The number of phenols is 1. The highest BCUT2D eigenvalue weighted by Gasteiger charge is 2.26. The fourth-order valence-electron chi connectivity index (χ4n) is 2.22. The molecule has 0 bridgehead atoms. The van der Waals surface area contributed by atoms with Gasteiger partial charge < -0.3 is 15.7 Å². The molecular weight excluding hydrogens is 280 g/mol. The lowest BCUT2D eigenvalue weighted by molar-refractivity contribution is 0.0774. The number of carbonyl (C=O) groups is 1. The van der Waals surface area contributed by atoms with E-state index in [1.807, 2.05) is 11.0 Å². The summed E-state index contributed by atoms with van der Waals surface area (Å²) in [4.78, 5) is 16.1. The monoisotopic (exact) mass is 294 g/mol. The maximum absolute atomic E-state index is 12.5. The van der Waals surface area contributed by atoms with Crippen LogP contribution < -0.4 is 5.73 Å². The number of nitrogens with two attached hydrogens (primary N) is 1. The molecule has 2 heterocycles. The molecule has 1 aromatic heterocycles. The number of rotatable bonds is 2. The molecule has 0 saturated carbocycles. The number of thiophene rings is 1. The van der Waals surface area contributed by atoms with Crippen molar-refractivity contribution in [3.63, 3.8) is 0 Å². The molecule has 0 saturated heterocycles. The van der Waals surface area contributed by atoms with Crippen LogP contribution in [0.4, 0.5) is 0 Å². The molecule has 0 fully saturated rings. The van der Waals surface area contributed by atoms with Crippen molar-refractivity contribution >= 4 is 39.1 Å². The Morgan fingerprint density at radius 1 is 1.42 bits per heavy atom. The molecule has 19 heavy (non-hydrogen) atoms. The Morgan fingerprint density at radius 3 is 3.05 bits per heavy atom. The minimum atomic E-state index is 0.0612. The van der Waals surface area contributed by atoms with Crippen LogP contribution >= 0.6 is 23.1 Å². The number of phenolic OH excluding ortho intramolecular Hbond substituents is 1. The van der Waals surface area contributed by atoms with E-state index in [0.717, 1.165) is 32.2 Å². The first-order chi connectivity index (χ1) is 9.20. The van der Waals surface area contributed by atoms with Gasteiger partial charge in [-0.05, 0) is 18.2 Å². The lowest BCUT2D eigenvalue weighted by Gasteiger charge is -2.18. The first-order valence-electron chi connectivity index (χ1n) is 6.08. The molecule has 6 heteroatoms. The normalized spacial score (nSPS) is 15.6. The Kier molecular flexibility index (Phi) is 3.38. The topological polar surface area (TPSA) is 66.6 Å². The SMILES string of the molecule is NCCN1CCSc2c(sc3ccc(O)cc23)C1=O. The molecule has 3 N–H and O–H groups in total. The Bertz CT molecular complexity index is 639. The number of hydrogen-bond acceptors (Lipinski definition) is 5. The van der Waals surface area contributed by atoms with E-state index in [4.69, 9.17) is 5.73 Å². The van der Waals surface area contributed by atoms with Crippen molar-refractivity contribution in [3.8, 4) is 5.75 Å². The molecule has 0 radical (unpaired) electrons. The largest absolute Gasteiger partial charge is 0.508 e. The second-order valence-electron chi connectivity index (χ2n) is 4.37. The van der Waals surface area contributed by atoms with Gasteiger partial charge in [0.05, 0.1) is 0 Å². The molecule has 0 aliphatic carbocycles. The summed E-state index contributed by atoms with van der Waals surface area (Å²) in [6, 6.07) is 5.26. The zero-order chi connectivity index (χ0) is 13.4. The fraction of sp³-hybridized carbons (Fsp3) is 0.308. The van der Waals surface area contributed by atoms with Crippen LogP contribution in [0.5, 0.6) is 5.75 Å². The van der Waals surface area contributed by atoms with Gasteiger partial charge in [0.15, 0.2) is 0 Å². The van der Waals surface area contributed by atoms with Crippen LogP contribution in [0.3, 0.4) is 0 Å². The number of hydrogen-bond donors (Lipinski definition) is 2. The van der Waals surface area contributed by atoms with Crippen molar-refractivity contribution in [2.75, 3.05) is 25.4 Å². The third kappa shape index (κ3) is 2.20. The molecule has 0 atom stereocenters. The first kappa shape index (κ1) is 12.8. The number of fused-ring (bicyclic) bond motifs is 3. The molecular formula is C13H14N2O2S2. The van der Waals surface area contributed by atoms with Crippen LogP contribution in [0.2, 0.25) is 0 Å². The number of carbonyl (C=O) groups excluding carboxylic acids is 1. The van der Waals surface area contributed by atoms with E-state index in [1.54, 1.807) is 23.9 Å². The summed E-state index contributed by atoms with van der Waals surface area (Å²) in [5, 5.41) is 10.6. The third-order valence-electron chi connectivity index (χ3n) is 3.11. The van der Waals surface area contributed by atoms with Gasteiger partial charge in [-0.25, -0.2) is 0 Å². The van der Waals surface area contributed by atoms with Crippen molar-refractivity contribution in [1.29, 1.82) is 0 Å². The summed E-state index contributed by atoms with van der Waals surface area (Å²) in [7, 11) is 0. The fourth-order valence-corrected chi connectivity index (χ4v) is 4.69. The average molecular weight is 294 g/mol. The van der Waals surface area contributed by atoms with Crippen LogP contribution in [0, 0.1) is 0 Å². The van der Waals surface area contributed by atoms with Crippen molar-refractivity contribution in [1.82, 2.24) is 4.90 Å². The molecule has 2 aromatic rings. The van der Waals surface area contributed by atoms with Crippen molar-refractivity contribution in [3.05, 3.63) is 23.1 Å². The zero-order valence-electron chi connectivity index (χ0n) is 10.3. The highest BCUT2D eigenvalue weighted by Crippen LogP contribution is 2.41. The van der Waals surface area contributed by atoms with Gasteiger partial charge in [0, 0.05) is 40.4 Å². The summed E-state index contributed by atoms with van der Waals surface area (Å²) in [6.45, 7) is 1.80. The Morgan fingerprint density at radius 2 is 2.26 bits per heavy atom. The second-order valence-corrected chi connectivity index (χ2v) is 6.53. The van der Waals surface area contributed by atoms with Crippen LogP contribution in [0.25, 0.3) is 10.1 Å². The van der Waals surface area contributed by atoms with E-state index in [9.17, 15) is 9.90 Å². The van der Waals surface area contributed by atoms with Gasteiger partial charge in [-0.15, -0.1) is 23.1 Å². The van der Waals surface area contributed by atoms with E-state index in [-0.39, 0.29) is 11.7 Å². The van der Waals surface area contributed by atoms with Crippen molar-refractivity contribution in [2.45, 2.75) is 4.90 Å². The number of aromatic hydroxyl groups is 1. The molecule has 0 unspecified atom stereocenters. The highest BCUT2D eigenvalue weighted by atomic mass is 32.2. The average Bonchev–Trinajstić information content (AvgIpc) is 2.67. The maximum Gasteiger partial charge on any atom is 0.265 e. The van der Waals surface area contributed by atoms with E-state index in [1.165, 1.54) is 11.3 Å². The maximum atomic E-state index is 12.5. The number of thioether (sulfide) groups is 1. The molecule has 3 rings (SSSR count). The summed E-state index contributed by atoms with van der Waals surface area (Å²) in [5.41, 5.74) is 5.56. The lowest BCUT2D eigenvalue weighted by Crippen LogP contribution is -2.35. The van der Waals surface area contributed by atoms with E-state index in [2.05, 4.69) is 0 Å². The summed E-state index contributed by atoms with van der Waals surface area (Å²) in [5.74, 6) is 1.16. The second kappa shape index (κ2) is 5.03. The van der Waals surface area contributed by atoms with Gasteiger partial charge in [0.2, 0.25) is 0 Å². The van der Waals surface area contributed by atoms with Crippen LogP contribution in [-0.2, 0) is 0 Å². The minimum absolute atomic E-state index is 0.0612. The predicted octanol–water partition coefficient (Wildman–Crippen LogP) is 2.11. The number of nitrogens with zero attached hydrogens (tertiary/aromatic N) is 1. The summed E-state index contributed by atoms with van der Waals surface area (Å²) < 4.78 is 1.04. The van der Waals surface area contributed by atoms with E-state index >= 15 is 0 Å². The molecule has 4 nitrogen and oxygen atoms in total. The highest BCUT2D eigenvalue weighted by molar-refractivity contribution is 7.99. The minimum Gasteiger partial charge on any atom is -0.508 e. The van der Waals surface area contributed by atoms with E-state index in [0.29, 0.717) is 13.1 Å². The Labute approximate surface area is 119 Å². The number of amides is 1. The van der Waals surface area contributed by atoms with Crippen molar-refractivity contribution < 1.29 is 9.90 Å². The van der Waals surface area contributed by atoms with Gasteiger partial charge in [-0.2, -0.15) is 0 Å². The van der Waals surface area contributed by atoms with Gasteiger partial charge in [0.1, 0.15) is 10.6 Å². The molecule has 1 amide bonds.